The number of nitro benzene ring substituents is 1. The molecule has 114 valence electrons. The normalized spacial score (nSPS) is 18.4. The topological polar surface area (TPSA) is 95.7 Å². The first kappa shape index (κ1) is 15.5. The maximum Gasteiger partial charge on any atom is 0.294 e. The summed E-state index contributed by atoms with van der Waals surface area (Å²) in [7, 11) is 1.52. The van der Waals surface area contributed by atoms with Gasteiger partial charge in [0.1, 0.15) is 5.69 Å². The highest BCUT2D eigenvalue weighted by atomic mass is 35.5. The van der Waals surface area contributed by atoms with Gasteiger partial charge in [-0.05, 0) is 18.9 Å². The maximum atomic E-state index is 12.4. The van der Waals surface area contributed by atoms with Crippen molar-refractivity contribution in [1.82, 2.24) is 4.90 Å². The van der Waals surface area contributed by atoms with Crippen LogP contribution in [0.1, 0.15) is 23.2 Å². The predicted octanol–water partition coefficient (Wildman–Crippen LogP) is 1.89. The molecule has 7 nitrogen and oxygen atoms in total. The third kappa shape index (κ3) is 3.25. The molecule has 1 heterocycles. The van der Waals surface area contributed by atoms with Gasteiger partial charge in [0.25, 0.3) is 11.6 Å². The van der Waals surface area contributed by atoms with Crippen LogP contribution in [0.4, 0.5) is 11.4 Å². The van der Waals surface area contributed by atoms with Gasteiger partial charge in [0.15, 0.2) is 0 Å². The van der Waals surface area contributed by atoms with E-state index in [4.69, 9.17) is 11.6 Å². The molecule has 1 aliphatic rings. The molecule has 0 bridgehead atoms. The van der Waals surface area contributed by atoms with Crippen molar-refractivity contribution in [1.29, 1.82) is 0 Å². The van der Waals surface area contributed by atoms with Crippen LogP contribution in [-0.4, -0.2) is 47.1 Å². The Kier molecular flexibility index (Phi) is 4.64. The number of piperidine rings is 1. The standard InChI is InChI=1S/C13H16ClN3O4/c1-15-12-10(14)5-8(6-11(12)17(20)21)13(19)16-4-2-3-9(18)7-16/h5-6,9,15,18H,2-4,7H2,1H3. The summed E-state index contributed by atoms with van der Waals surface area (Å²) in [4.78, 5) is 24.4. The van der Waals surface area contributed by atoms with Crippen LogP contribution in [0, 0.1) is 10.1 Å². The molecule has 0 aromatic heterocycles. The lowest BCUT2D eigenvalue weighted by atomic mass is 10.1. The van der Waals surface area contributed by atoms with Crippen LogP contribution < -0.4 is 5.32 Å². The third-order valence-corrected chi connectivity index (χ3v) is 3.74. The zero-order valence-electron chi connectivity index (χ0n) is 11.5. The Morgan fingerprint density at radius 1 is 1.57 bits per heavy atom. The van der Waals surface area contributed by atoms with E-state index in [1.165, 1.54) is 24.1 Å². The Morgan fingerprint density at radius 3 is 2.86 bits per heavy atom. The summed E-state index contributed by atoms with van der Waals surface area (Å²) < 4.78 is 0. The molecular formula is C13H16ClN3O4. The second kappa shape index (κ2) is 6.28. The van der Waals surface area contributed by atoms with E-state index >= 15 is 0 Å². The van der Waals surface area contributed by atoms with Crippen molar-refractivity contribution in [3.63, 3.8) is 0 Å². The van der Waals surface area contributed by atoms with Gasteiger partial charge in [-0.2, -0.15) is 0 Å². The predicted molar refractivity (Wildman–Crippen MR) is 78.8 cm³/mol. The number of aliphatic hydroxyl groups excluding tert-OH is 1. The Balaban J connectivity index is 2.35. The summed E-state index contributed by atoms with van der Waals surface area (Å²) in [5, 5.41) is 23.5. The molecular weight excluding hydrogens is 298 g/mol. The summed E-state index contributed by atoms with van der Waals surface area (Å²) >= 11 is 6.00. The number of benzene rings is 1. The highest BCUT2D eigenvalue weighted by Gasteiger charge is 2.26. The van der Waals surface area contributed by atoms with Gasteiger partial charge < -0.3 is 15.3 Å². The van der Waals surface area contributed by atoms with E-state index in [0.717, 1.165) is 0 Å². The first-order chi connectivity index (χ1) is 9.93. The molecule has 1 unspecified atom stereocenters. The van der Waals surface area contributed by atoms with Gasteiger partial charge in [-0.3, -0.25) is 14.9 Å². The number of amides is 1. The summed E-state index contributed by atoms with van der Waals surface area (Å²) in [6.45, 7) is 0.757. The minimum atomic E-state index is -0.584. The summed E-state index contributed by atoms with van der Waals surface area (Å²) in [5.41, 5.74) is 0.0857. The SMILES string of the molecule is CNc1c(Cl)cc(C(=O)N2CCCC(O)C2)cc1[N+](=O)[O-]. The smallest absolute Gasteiger partial charge is 0.294 e. The molecule has 1 saturated heterocycles. The summed E-state index contributed by atoms with van der Waals surface area (Å²) in [6, 6.07) is 2.62. The van der Waals surface area contributed by atoms with E-state index in [-0.39, 0.29) is 34.4 Å². The van der Waals surface area contributed by atoms with Crippen LogP contribution in [0.3, 0.4) is 0 Å². The Hall–Kier alpha value is -1.86. The minimum Gasteiger partial charge on any atom is -0.391 e. The molecule has 1 aliphatic heterocycles. The van der Waals surface area contributed by atoms with Gasteiger partial charge in [-0.25, -0.2) is 0 Å². The first-order valence-corrected chi connectivity index (χ1v) is 6.95. The number of rotatable bonds is 3. The fourth-order valence-electron chi connectivity index (χ4n) is 2.43. The van der Waals surface area contributed by atoms with Crippen molar-refractivity contribution >= 4 is 28.9 Å². The summed E-state index contributed by atoms with van der Waals surface area (Å²) in [6.07, 6.45) is 0.811. The molecule has 1 fully saturated rings. The average molecular weight is 314 g/mol. The molecule has 1 atom stereocenters. The van der Waals surface area contributed by atoms with Crippen molar-refractivity contribution in [3.05, 3.63) is 32.8 Å². The second-order valence-electron chi connectivity index (χ2n) is 4.91. The molecule has 0 saturated carbocycles. The molecule has 8 heteroatoms. The van der Waals surface area contributed by atoms with Gasteiger partial charge >= 0.3 is 0 Å². The van der Waals surface area contributed by atoms with Crippen molar-refractivity contribution in [2.24, 2.45) is 0 Å². The molecule has 2 N–H and O–H groups in total. The zero-order valence-corrected chi connectivity index (χ0v) is 12.3. The number of nitrogens with one attached hydrogen (secondary N) is 1. The number of nitro groups is 1. The second-order valence-corrected chi connectivity index (χ2v) is 5.31. The fraction of sp³-hybridized carbons (Fsp3) is 0.462. The van der Waals surface area contributed by atoms with Crippen LogP contribution in [0.2, 0.25) is 5.02 Å². The number of aliphatic hydroxyl groups is 1. The number of hydrogen-bond donors (Lipinski definition) is 2. The van der Waals surface area contributed by atoms with E-state index in [0.29, 0.717) is 19.4 Å². The average Bonchev–Trinajstić information content (AvgIpc) is 2.45. The molecule has 1 aromatic carbocycles. The maximum absolute atomic E-state index is 12.4. The van der Waals surface area contributed by atoms with E-state index < -0.39 is 11.0 Å². The highest BCUT2D eigenvalue weighted by molar-refractivity contribution is 6.34. The Bertz CT molecular complexity index is 579. The molecule has 0 aliphatic carbocycles. The lowest BCUT2D eigenvalue weighted by Gasteiger charge is -2.30. The van der Waals surface area contributed by atoms with Gasteiger partial charge in [0.05, 0.1) is 16.0 Å². The molecule has 1 amide bonds. The molecule has 0 spiro atoms. The van der Waals surface area contributed by atoms with Crippen molar-refractivity contribution in [2.75, 3.05) is 25.5 Å². The lowest BCUT2D eigenvalue weighted by molar-refractivity contribution is -0.384. The molecule has 1 aromatic rings. The van der Waals surface area contributed by atoms with Gasteiger partial charge in [0, 0.05) is 31.8 Å². The summed E-state index contributed by atoms with van der Waals surface area (Å²) in [5.74, 6) is -0.360. The van der Waals surface area contributed by atoms with Gasteiger partial charge in [0.2, 0.25) is 0 Å². The number of halogens is 1. The number of β-amino-alcohol motifs (C(OH)–C–C–N with tert-alkyl or cyclic N) is 1. The Morgan fingerprint density at radius 2 is 2.29 bits per heavy atom. The number of anilines is 1. The zero-order chi connectivity index (χ0) is 15.6. The quantitative estimate of drug-likeness (QED) is 0.656. The fourth-order valence-corrected chi connectivity index (χ4v) is 2.74. The van der Waals surface area contributed by atoms with Crippen molar-refractivity contribution in [2.45, 2.75) is 18.9 Å². The molecule has 21 heavy (non-hydrogen) atoms. The van der Waals surface area contributed by atoms with Crippen LogP contribution in [0.25, 0.3) is 0 Å². The Labute approximate surface area is 126 Å². The highest BCUT2D eigenvalue weighted by Crippen LogP contribution is 2.34. The minimum absolute atomic E-state index is 0.118. The number of likely N-dealkylation sites (tertiary alicyclic amines) is 1. The van der Waals surface area contributed by atoms with Crippen LogP contribution >= 0.6 is 11.6 Å². The number of carbonyl (C=O) groups excluding carboxylic acids is 1. The van der Waals surface area contributed by atoms with Crippen molar-refractivity contribution in [3.8, 4) is 0 Å². The van der Waals surface area contributed by atoms with E-state index in [9.17, 15) is 20.0 Å². The lowest BCUT2D eigenvalue weighted by Crippen LogP contribution is -2.42. The van der Waals surface area contributed by atoms with Crippen LogP contribution in [-0.2, 0) is 0 Å². The van der Waals surface area contributed by atoms with Crippen LogP contribution in [0.5, 0.6) is 0 Å². The number of nitrogens with zero attached hydrogens (tertiary/aromatic N) is 2. The number of carbonyl (C=O) groups is 1. The van der Waals surface area contributed by atoms with Gasteiger partial charge in [-0.15, -0.1) is 0 Å². The monoisotopic (exact) mass is 313 g/mol. The third-order valence-electron chi connectivity index (χ3n) is 3.45. The van der Waals surface area contributed by atoms with E-state index in [2.05, 4.69) is 5.32 Å². The molecule has 2 rings (SSSR count). The van der Waals surface area contributed by atoms with Crippen LogP contribution in [0.15, 0.2) is 12.1 Å². The van der Waals surface area contributed by atoms with E-state index in [1.807, 2.05) is 0 Å². The first-order valence-electron chi connectivity index (χ1n) is 6.57. The van der Waals surface area contributed by atoms with Gasteiger partial charge in [-0.1, -0.05) is 11.6 Å². The molecule has 0 radical (unpaired) electrons. The largest absolute Gasteiger partial charge is 0.391 e. The van der Waals surface area contributed by atoms with Crippen molar-refractivity contribution < 1.29 is 14.8 Å². The van der Waals surface area contributed by atoms with E-state index in [1.54, 1.807) is 0 Å². The number of hydrogen-bond acceptors (Lipinski definition) is 5.